The zero-order valence-corrected chi connectivity index (χ0v) is 16.8. The molecule has 0 amide bonds. The third-order valence-electron chi connectivity index (χ3n) is 5.21. The summed E-state index contributed by atoms with van der Waals surface area (Å²) in [4.78, 5) is 79.0. The van der Waals surface area contributed by atoms with Gasteiger partial charge in [0, 0.05) is 23.5 Å². The first-order chi connectivity index (χ1) is 14.5. The van der Waals surface area contributed by atoms with Crippen LogP contribution in [0.15, 0.2) is 34.3 Å². The highest BCUT2D eigenvalue weighted by molar-refractivity contribution is 7.91. The van der Waals surface area contributed by atoms with E-state index < -0.39 is 66.2 Å². The van der Waals surface area contributed by atoms with Crippen LogP contribution in [0.1, 0.15) is 55.5 Å². The molecule has 2 aromatic heterocycles. The Hall–Kier alpha value is -3.73. The third-order valence-corrected chi connectivity index (χ3v) is 6.89. The number of hydrogen-bond acceptors (Lipinski definition) is 10. The van der Waals surface area contributed by atoms with Gasteiger partial charge in [0.05, 0.1) is 9.79 Å². The van der Waals surface area contributed by atoms with Crippen LogP contribution in [0.4, 0.5) is 0 Å². The Labute approximate surface area is 174 Å². The predicted octanol–water partition coefficient (Wildman–Crippen LogP) is 0.478. The van der Waals surface area contributed by atoms with Gasteiger partial charge in [-0.25, -0.2) is 8.42 Å². The van der Waals surface area contributed by atoms with E-state index in [-0.39, 0.29) is 22.5 Å². The Balaban J connectivity index is 1.79. The van der Waals surface area contributed by atoms with E-state index >= 15 is 0 Å². The molecule has 2 aromatic rings. The minimum absolute atomic E-state index is 0.289. The molecule has 10 nitrogen and oxygen atoms in total. The topological polar surface area (TPSA) is 162 Å². The van der Waals surface area contributed by atoms with E-state index in [1.807, 2.05) is 0 Å². The highest BCUT2D eigenvalue weighted by Gasteiger charge is 2.45. The molecule has 2 atom stereocenters. The van der Waals surface area contributed by atoms with E-state index in [1.165, 1.54) is 0 Å². The fourth-order valence-electron chi connectivity index (χ4n) is 3.65. The number of carbonyl (C=O) groups excluding carboxylic acids is 6. The van der Waals surface area contributed by atoms with Crippen molar-refractivity contribution in [2.24, 2.45) is 11.8 Å². The van der Waals surface area contributed by atoms with Crippen LogP contribution >= 0.6 is 0 Å². The molecule has 2 aliphatic rings. The summed E-state index contributed by atoms with van der Waals surface area (Å²) in [7, 11) is -4.36. The quantitative estimate of drug-likeness (QED) is 0.611. The maximum atomic E-state index is 13.0. The number of Topliss-reactive ketones (excluding diaryl/α,β-unsaturated/α-hetero) is 6. The molecule has 0 saturated carbocycles. The molecule has 0 aliphatic heterocycles. The summed E-state index contributed by atoms with van der Waals surface area (Å²) in [5, 5.41) is 0. The average molecular weight is 440 g/mol. The second kappa shape index (κ2) is 6.64. The van der Waals surface area contributed by atoms with Gasteiger partial charge in [-0.2, -0.15) is 0 Å². The van der Waals surface area contributed by atoms with Gasteiger partial charge < -0.3 is 0 Å². The maximum Gasteiger partial charge on any atom is 0.209 e. The van der Waals surface area contributed by atoms with E-state index in [9.17, 15) is 37.2 Å². The first kappa shape index (κ1) is 20.5. The number of nitrogens with zero attached hydrogens (tertiary/aromatic N) is 2. The van der Waals surface area contributed by atoms with Crippen LogP contribution in [0.25, 0.3) is 0 Å². The van der Waals surface area contributed by atoms with Gasteiger partial charge >= 0.3 is 0 Å². The molecule has 31 heavy (non-hydrogen) atoms. The molecule has 156 valence electrons. The summed E-state index contributed by atoms with van der Waals surface area (Å²) in [5.74, 6) is -7.72. The molecule has 2 heterocycles. The van der Waals surface area contributed by atoms with Crippen molar-refractivity contribution in [3.8, 4) is 0 Å². The zero-order chi connectivity index (χ0) is 22.8. The maximum absolute atomic E-state index is 13.0. The molecule has 11 heteroatoms. The van der Waals surface area contributed by atoms with E-state index in [2.05, 4.69) is 9.97 Å². The molecular formula is C20H12N2O8S. The van der Waals surface area contributed by atoms with Crippen LogP contribution in [-0.2, 0) is 19.4 Å². The fraction of sp³-hybridized carbons (Fsp3) is 0.200. The number of carbonyl (C=O) groups is 6. The van der Waals surface area contributed by atoms with Gasteiger partial charge in [-0.1, -0.05) is 0 Å². The Morgan fingerprint density at radius 1 is 0.710 bits per heavy atom. The first-order valence-electron chi connectivity index (χ1n) is 8.89. The molecule has 4 rings (SSSR count). The van der Waals surface area contributed by atoms with Crippen molar-refractivity contribution < 1.29 is 37.2 Å². The Morgan fingerprint density at radius 3 is 1.39 bits per heavy atom. The monoisotopic (exact) mass is 440 g/mol. The average Bonchev–Trinajstić information content (AvgIpc) is 3.11. The van der Waals surface area contributed by atoms with Crippen LogP contribution < -0.4 is 0 Å². The molecule has 0 radical (unpaired) electrons. The number of rotatable bonds is 4. The summed E-state index contributed by atoms with van der Waals surface area (Å²) in [6.07, 6.45) is 1.72. The van der Waals surface area contributed by atoms with Crippen molar-refractivity contribution in [1.29, 1.82) is 0 Å². The third kappa shape index (κ3) is 2.81. The molecule has 0 spiro atoms. The molecule has 0 aromatic carbocycles. The minimum atomic E-state index is -4.36. The molecule has 0 bridgehead atoms. The van der Waals surface area contributed by atoms with E-state index in [0.717, 1.165) is 38.4 Å². The standard InChI is InChI=1S/C20H12N2O8S/c1-7(23)13-17(25)11-3-9(5-21-15(11)19(13)27)31(29,30)10-4-12-16(22-6-10)20(28)14(8(2)24)18(12)26/h3-6,13-14H,1-2H3. The first-order valence-corrected chi connectivity index (χ1v) is 10.4. The van der Waals surface area contributed by atoms with E-state index in [0.29, 0.717) is 0 Å². The summed E-state index contributed by atoms with van der Waals surface area (Å²) >= 11 is 0. The van der Waals surface area contributed by atoms with Gasteiger partial charge in [0.2, 0.25) is 9.84 Å². The number of sulfone groups is 1. The van der Waals surface area contributed by atoms with E-state index in [4.69, 9.17) is 0 Å². The van der Waals surface area contributed by atoms with Crippen molar-refractivity contribution in [3.05, 3.63) is 47.0 Å². The number of fused-ring (bicyclic) bond motifs is 2. The highest BCUT2D eigenvalue weighted by Crippen LogP contribution is 2.32. The second-order valence-corrected chi connectivity index (χ2v) is 9.13. The molecule has 2 unspecified atom stereocenters. The highest BCUT2D eigenvalue weighted by atomic mass is 32.2. The van der Waals surface area contributed by atoms with Crippen LogP contribution in [0, 0.1) is 11.8 Å². The molecule has 0 N–H and O–H groups in total. The van der Waals surface area contributed by atoms with Crippen LogP contribution in [0.2, 0.25) is 0 Å². The number of ketones is 6. The lowest BCUT2D eigenvalue weighted by Crippen LogP contribution is -2.23. The molecule has 0 saturated heterocycles. The number of pyridine rings is 2. The van der Waals surface area contributed by atoms with Gasteiger partial charge in [-0.15, -0.1) is 0 Å². The van der Waals surface area contributed by atoms with Gasteiger partial charge in [0.15, 0.2) is 23.1 Å². The Kier molecular flexibility index (Phi) is 4.40. The summed E-state index contributed by atoms with van der Waals surface area (Å²) in [6.45, 7) is 2.15. The van der Waals surface area contributed by atoms with Crippen molar-refractivity contribution in [2.75, 3.05) is 0 Å². The lowest BCUT2D eigenvalue weighted by atomic mass is 10.0. The van der Waals surface area contributed by atoms with Gasteiger partial charge in [-0.05, 0) is 26.0 Å². The molecule has 2 aliphatic carbocycles. The lowest BCUT2D eigenvalue weighted by Gasteiger charge is -2.06. The SMILES string of the molecule is CC(=O)C1C(=O)c2cc(S(=O)(=O)c3cnc4c(c3)C(=O)C(C(C)=O)C4=O)cnc2C1=O. The zero-order valence-electron chi connectivity index (χ0n) is 16.0. The molecular weight excluding hydrogens is 428 g/mol. The Morgan fingerprint density at radius 2 is 1.06 bits per heavy atom. The number of hydrogen-bond donors (Lipinski definition) is 0. The van der Waals surface area contributed by atoms with Gasteiger partial charge in [0.1, 0.15) is 34.8 Å². The largest absolute Gasteiger partial charge is 0.299 e. The fourth-order valence-corrected chi connectivity index (χ4v) is 4.85. The summed E-state index contributed by atoms with van der Waals surface area (Å²) in [5.41, 5.74) is -1.16. The van der Waals surface area contributed by atoms with Crippen molar-refractivity contribution in [1.82, 2.24) is 9.97 Å². The van der Waals surface area contributed by atoms with Crippen LogP contribution in [0.5, 0.6) is 0 Å². The molecule has 0 fully saturated rings. The van der Waals surface area contributed by atoms with Crippen molar-refractivity contribution in [3.63, 3.8) is 0 Å². The summed E-state index contributed by atoms with van der Waals surface area (Å²) < 4.78 is 26.1. The van der Waals surface area contributed by atoms with Gasteiger partial charge in [-0.3, -0.25) is 38.7 Å². The smallest absolute Gasteiger partial charge is 0.209 e. The van der Waals surface area contributed by atoms with Crippen LogP contribution in [-0.4, -0.2) is 53.1 Å². The van der Waals surface area contributed by atoms with E-state index in [1.54, 1.807) is 0 Å². The minimum Gasteiger partial charge on any atom is -0.299 e. The summed E-state index contributed by atoms with van der Waals surface area (Å²) in [6, 6.07) is 1.89. The number of aromatic nitrogens is 2. The second-order valence-electron chi connectivity index (χ2n) is 7.18. The van der Waals surface area contributed by atoms with Crippen molar-refractivity contribution >= 4 is 44.5 Å². The van der Waals surface area contributed by atoms with Crippen molar-refractivity contribution in [2.45, 2.75) is 23.6 Å². The lowest BCUT2D eigenvalue weighted by molar-refractivity contribution is -0.119. The normalized spacial score (nSPS) is 20.1. The Bertz CT molecular complexity index is 1290. The predicted molar refractivity (Wildman–Crippen MR) is 99.6 cm³/mol. The van der Waals surface area contributed by atoms with Gasteiger partial charge in [0.25, 0.3) is 0 Å². The van der Waals surface area contributed by atoms with Crippen LogP contribution in [0.3, 0.4) is 0 Å².